The number of sulfonamides is 1. The molecule has 0 heterocycles. The van der Waals surface area contributed by atoms with Crippen molar-refractivity contribution < 1.29 is 18.3 Å². The Labute approximate surface area is 124 Å². The van der Waals surface area contributed by atoms with E-state index in [0.717, 1.165) is 30.0 Å². The lowest BCUT2D eigenvalue weighted by molar-refractivity contribution is -0.131. The van der Waals surface area contributed by atoms with Gasteiger partial charge in [-0.3, -0.25) is 0 Å². The van der Waals surface area contributed by atoms with Crippen LogP contribution in [0.5, 0.6) is 0 Å². The molecule has 1 fully saturated rings. The molecule has 0 aliphatic heterocycles. The lowest BCUT2D eigenvalue weighted by atomic mass is 10.1. The van der Waals surface area contributed by atoms with Crippen molar-refractivity contribution in [3.8, 4) is 0 Å². The van der Waals surface area contributed by atoms with Gasteiger partial charge in [0.05, 0.1) is 5.75 Å². The van der Waals surface area contributed by atoms with Crippen molar-refractivity contribution in [3.63, 3.8) is 0 Å². The summed E-state index contributed by atoms with van der Waals surface area (Å²) in [5, 5.41) is 8.55. The first-order chi connectivity index (χ1) is 9.87. The second kappa shape index (κ2) is 6.41. The quantitative estimate of drug-likeness (QED) is 0.781. The van der Waals surface area contributed by atoms with E-state index in [-0.39, 0.29) is 5.75 Å². The predicted octanol–water partition coefficient (Wildman–Crippen LogP) is 1.96. The molecule has 0 unspecified atom stereocenters. The summed E-state index contributed by atoms with van der Waals surface area (Å²) >= 11 is 0. The van der Waals surface area contributed by atoms with Gasteiger partial charge >= 0.3 is 5.97 Å². The number of carboxylic acid groups (broad SMARTS) is 1. The van der Waals surface area contributed by atoms with E-state index >= 15 is 0 Å². The highest BCUT2D eigenvalue weighted by Crippen LogP contribution is 2.31. The maximum absolute atomic E-state index is 12.1. The highest BCUT2D eigenvalue weighted by molar-refractivity contribution is 7.89. The smallest absolute Gasteiger partial charge is 0.328 e. The van der Waals surface area contributed by atoms with E-state index < -0.39 is 16.0 Å². The van der Waals surface area contributed by atoms with Gasteiger partial charge in [0.1, 0.15) is 0 Å². The Balaban J connectivity index is 1.97. The Morgan fingerprint density at radius 2 is 1.95 bits per heavy atom. The zero-order valence-corrected chi connectivity index (χ0v) is 12.7. The molecular weight excluding hydrogens is 290 g/mol. The first-order valence-electron chi connectivity index (χ1n) is 6.81. The van der Waals surface area contributed by atoms with Gasteiger partial charge in [0.15, 0.2) is 0 Å². The lowest BCUT2D eigenvalue weighted by Gasteiger charge is -2.17. The summed E-state index contributed by atoms with van der Waals surface area (Å²) < 4.78 is 25.5. The van der Waals surface area contributed by atoms with Crippen molar-refractivity contribution >= 4 is 22.1 Å². The summed E-state index contributed by atoms with van der Waals surface area (Å²) in [5.74, 6) is -0.422. The zero-order valence-electron chi connectivity index (χ0n) is 11.9. The van der Waals surface area contributed by atoms with Crippen LogP contribution in [-0.2, 0) is 21.4 Å². The van der Waals surface area contributed by atoms with Crippen molar-refractivity contribution in [3.05, 3.63) is 41.5 Å². The van der Waals surface area contributed by atoms with Gasteiger partial charge in [-0.05, 0) is 36.0 Å². The van der Waals surface area contributed by atoms with E-state index in [0.29, 0.717) is 12.5 Å². The van der Waals surface area contributed by atoms with Crippen molar-refractivity contribution in [2.24, 2.45) is 5.92 Å². The van der Waals surface area contributed by atoms with Gasteiger partial charge in [-0.25, -0.2) is 17.5 Å². The van der Waals surface area contributed by atoms with Crippen LogP contribution >= 0.6 is 0 Å². The van der Waals surface area contributed by atoms with Crippen LogP contribution in [0.15, 0.2) is 30.3 Å². The Morgan fingerprint density at radius 3 is 2.48 bits per heavy atom. The second-order valence-corrected chi connectivity index (χ2v) is 7.51. The number of nitrogens with zero attached hydrogens (tertiary/aromatic N) is 1. The highest BCUT2D eigenvalue weighted by Gasteiger charge is 2.30. The molecular formula is C15H19NO4S. The van der Waals surface area contributed by atoms with Crippen molar-refractivity contribution in [1.82, 2.24) is 4.31 Å². The number of carboxylic acids is 1. The minimum absolute atomic E-state index is 0.239. The Morgan fingerprint density at radius 1 is 1.33 bits per heavy atom. The first kappa shape index (κ1) is 15.7. The fraction of sp³-hybridized carbons (Fsp3) is 0.400. The molecule has 0 bridgehead atoms. The third-order valence-corrected chi connectivity index (χ3v) is 5.39. The highest BCUT2D eigenvalue weighted by atomic mass is 32.2. The van der Waals surface area contributed by atoms with Crippen LogP contribution < -0.4 is 0 Å². The van der Waals surface area contributed by atoms with Crippen molar-refractivity contribution in [2.75, 3.05) is 12.8 Å². The molecule has 0 amide bonds. The molecule has 0 radical (unpaired) electrons. The van der Waals surface area contributed by atoms with E-state index in [1.807, 2.05) is 12.1 Å². The minimum Gasteiger partial charge on any atom is -0.478 e. The summed E-state index contributed by atoms with van der Waals surface area (Å²) in [5.41, 5.74) is 1.65. The molecule has 0 spiro atoms. The molecule has 1 aliphatic carbocycles. The second-order valence-electron chi connectivity index (χ2n) is 5.39. The van der Waals surface area contributed by atoms with Gasteiger partial charge in [0, 0.05) is 19.7 Å². The molecule has 1 aromatic rings. The van der Waals surface area contributed by atoms with E-state index in [1.165, 1.54) is 10.4 Å². The van der Waals surface area contributed by atoms with Crippen LogP contribution in [0.2, 0.25) is 0 Å². The van der Waals surface area contributed by atoms with Gasteiger partial charge in [-0.2, -0.15) is 0 Å². The molecule has 5 nitrogen and oxygen atoms in total. The summed E-state index contributed by atoms with van der Waals surface area (Å²) in [7, 11) is -1.59. The summed E-state index contributed by atoms with van der Waals surface area (Å²) in [4.78, 5) is 10.4. The molecule has 1 N–H and O–H groups in total. The average molecular weight is 309 g/mol. The average Bonchev–Trinajstić information content (AvgIpc) is 3.21. The van der Waals surface area contributed by atoms with Crippen LogP contribution in [-0.4, -0.2) is 36.6 Å². The molecule has 0 saturated heterocycles. The Bertz CT molecular complexity index is 630. The van der Waals surface area contributed by atoms with Crippen LogP contribution in [0.4, 0.5) is 0 Å². The molecule has 114 valence electrons. The third-order valence-electron chi connectivity index (χ3n) is 3.42. The number of hydrogen-bond acceptors (Lipinski definition) is 3. The summed E-state index contributed by atoms with van der Waals surface area (Å²) in [6.07, 6.45) is 4.59. The number of hydrogen-bond donors (Lipinski definition) is 1. The van der Waals surface area contributed by atoms with Crippen LogP contribution in [0.3, 0.4) is 0 Å². The number of carbonyl (C=O) groups is 1. The minimum atomic E-state index is -3.19. The van der Waals surface area contributed by atoms with E-state index in [9.17, 15) is 13.2 Å². The maximum atomic E-state index is 12.1. The molecule has 2 rings (SSSR count). The number of rotatable bonds is 7. The van der Waals surface area contributed by atoms with Crippen molar-refractivity contribution in [2.45, 2.75) is 19.4 Å². The zero-order chi connectivity index (χ0) is 15.5. The van der Waals surface area contributed by atoms with Gasteiger partial charge in [0.25, 0.3) is 0 Å². The fourth-order valence-electron chi connectivity index (χ4n) is 1.97. The number of benzene rings is 1. The van der Waals surface area contributed by atoms with Gasteiger partial charge < -0.3 is 5.11 Å². The van der Waals surface area contributed by atoms with E-state index in [1.54, 1.807) is 19.2 Å². The summed E-state index contributed by atoms with van der Waals surface area (Å²) in [6, 6.07) is 7.17. The maximum Gasteiger partial charge on any atom is 0.328 e. The molecule has 1 saturated carbocycles. The Hall–Kier alpha value is -1.66. The van der Waals surface area contributed by atoms with Crippen molar-refractivity contribution in [1.29, 1.82) is 0 Å². The monoisotopic (exact) mass is 309 g/mol. The molecule has 21 heavy (non-hydrogen) atoms. The molecule has 6 heteroatoms. The van der Waals surface area contributed by atoms with Crippen LogP contribution in [0, 0.1) is 5.92 Å². The SMILES string of the molecule is CN(Cc1ccc(C=CC(=O)O)cc1)S(=O)(=O)CC1CC1. The molecule has 0 aromatic heterocycles. The largest absolute Gasteiger partial charge is 0.478 e. The van der Waals surface area contributed by atoms with Gasteiger partial charge in [0.2, 0.25) is 10.0 Å². The third kappa shape index (κ3) is 4.99. The topological polar surface area (TPSA) is 74.7 Å². The number of aliphatic carboxylic acids is 1. The van der Waals surface area contributed by atoms with E-state index in [4.69, 9.17) is 5.11 Å². The van der Waals surface area contributed by atoms with Gasteiger partial charge in [-0.1, -0.05) is 24.3 Å². The summed E-state index contributed by atoms with van der Waals surface area (Å²) in [6.45, 7) is 0.331. The van der Waals surface area contributed by atoms with Gasteiger partial charge in [-0.15, -0.1) is 0 Å². The predicted molar refractivity (Wildman–Crippen MR) is 81.1 cm³/mol. The molecule has 1 aromatic carbocycles. The van der Waals surface area contributed by atoms with Crippen LogP contribution in [0.25, 0.3) is 6.08 Å². The van der Waals surface area contributed by atoms with Crippen LogP contribution in [0.1, 0.15) is 24.0 Å². The first-order valence-corrected chi connectivity index (χ1v) is 8.42. The van der Waals surface area contributed by atoms with E-state index in [2.05, 4.69) is 0 Å². The Kier molecular flexibility index (Phi) is 4.80. The molecule has 0 atom stereocenters. The fourth-order valence-corrected chi connectivity index (χ4v) is 3.50. The standard InChI is InChI=1S/C15H19NO4S/c1-16(21(19,20)11-14-6-7-14)10-13-4-2-12(3-5-13)8-9-15(17)18/h2-5,8-9,14H,6-7,10-11H2,1H3,(H,17,18). The lowest BCUT2D eigenvalue weighted by Crippen LogP contribution is -2.29. The normalized spacial score (nSPS) is 15.7. The molecule has 1 aliphatic rings.